The van der Waals surface area contributed by atoms with E-state index in [0.29, 0.717) is 12.3 Å². The van der Waals surface area contributed by atoms with E-state index in [1.165, 1.54) is 0 Å². The number of aliphatic hydroxyl groups excluding tert-OH is 2. The second-order valence-electron chi connectivity index (χ2n) is 3.08. The fourth-order valence-electron chi connectivity index (χ4n) is 1.11. The van der Waals surface area contributed by atoms with Gasteiger partial charge in [0.2, 0.25) is 0 Å². The Hall–Kier alpha value is -0.620. The molecule has 0 amide bonds. The summed E-state index contributed by atoms with van der Waals surface area (Å²) in [6, 6.07) is 5.55. The zero-order valence-corrected chi connectivity index (χ0v) is 9.77. The predicted molar refractivity (Wildman–Crippen MR) is 60.6 cm³/mol. The Morgan fingerprint density at radius 3 is 2.80 bits per heavy atom. The van der Waals surface area contributed by atoms with Gasteiger partial charge in [0, 0.05) is 12.1 Å². The van der Waals surface area contributed by atoms with Crippen molar-refractivity contribution in [2.45, 2.75) is 12.6 Å². The molecule has 0 bridgehead atoms. The van der Waals surface area contributed by atoms with E-state index in [1.54, 1.807) is 0 Å². The molecule has 0 aromatic heterocycles. The molecule has 1 rings (SSSR count). The van der Waals surface area contributed by atoms with Crippen LogP contribution in [0, 0.1) is 0 Å². The fraction of sp³-hybridized carbons (Fsp3) is 0.400. The lowest BCUT2D eigenvalue weighted by molar-refractivity contribution is 0.0530. The average Bonchev–Trinajstić information content (AvgIpc) is 2.26. The van der Waals surface area contributed by atoms with E-state index in [9.17, 15) is 0 Å². The first-order valence-electron chi connectivity index (χ1n) is 4.58. The Labute approximate surface area is 96.8 Å². The van der Waals surface area contributed by atoms with E-state index < -0.39 is 6.10 Å². The van der Waals surface area contributed by atoms with E-state index in [1.807, 2.05) is 18.2 Å². The summed E-state index contributed by atoms with van der Waals surface area (Å²) in [7, 11) is 0. The van der Waals surface area contributed by atoms with E-state index in [2.05, 4.69) is 15.9 Å². The van der Waals surface area contributed by atoms with Crippen molar-refractivity contribution in [3.63, 3.8) is 0 Å². The first-order chi connectivity index (χ1) is 7.19. The van der Waals surface area contributed by atoms with Crippen molar-refractivity contribution < 1.29 is 14.9 Å². The quantitative estimate of drug-likeness (QED) is 0.737. The third-order valence-electron chi connectivity index (χ3n) is 1.90. The predicted octanol–water partition coefficient (Wildman–Crippen LogP) is 0.640. The molecule has 5 heteroatoms. The molecule has 1 aromatic rings. The minimum Gasteiger partial charge on any atom is -0.489 e. The summed E-state index contributed by atoms with van der Waals surface area (Å²) in [6.45, 7) is 0.0958. The molecule has 1 atom stereocenters. The van der Waals surface area contributed by atoms with Gasteiger partial charge in [0.1, 0.15) is 18.5 Å². The van der Waals surface area contributed by atoms with Gasteiger partial charge < -0.3 is 20.7 Å². The molecule has 84 valence electrons. The Bertz CT molecular complexity index is 320. The highest BCUT2D eigenvalue weighted by molar-refractivity contribution is 9.10. The van der Waals surface area contributed by atoms with Crippen molar-refractivity contribution in [3.8, 4) is 5.75 Å². The summed E-state index contributed by atoms with van der Waals surface area (Å²) in [5.74, 6) is 0.618. The molecule has 1 unspecified atom stereocenters. The number of nitrogens with two attached hydrogens (primary N) is 1. The maximum absolute atomic E-state index is 9.15. The van der Waals surface area contributed by atoms with Crippen LogP contribution in [-0.4, -0.2) is 29.5 Å². The van der Waals surface area contributed by atoms with Crippen LogP contribution in [0.5, 0.6) is 5.75 Å². The average molecular weight is 276 g/mol. The van der Waals surface area contributed by atoms with E-state index >= 15 is 0 Å². The normalized spacial score (nSPS) is 12.5. The molecule has 0 aliphatic carbocycles. The summed E-state index contributed by atoms with van der Waals surface area (Å²) in [4.78, 5) is 0. The van der Waals surface area contributed by atoms with Gasteiger partial charge in [-0.15, -0.1) is 0 Å². The Kier molecular flexibility index (Phi) is 5.04. The SMILES string of the molecule is NCc1cccc(Br)c1OCC(O)CO. The van der Waals surface area contributed by atoms with Gasteiger partial charge >= 0.3 is 0 Å². The lowest BCUT2D eigenvalue weighted by Gasteiger charge is -2.14. The topological polar surface area (TPSA) is 75.7 Å². The molecule has 0 heterocycles. The standard InChI is InChI=1S/C10H14BrNO3/c11-9-3-1-2-7(4-12)10(9)15-6-8(14)5-13/h1-3,8,13-14H,4-6,12H2. The molecule has 0 spiro atoms. The molecule has 4 N–H and O–H groups in total. The van der Waals surface area contributed by atoms with Gasteiger partial charge in [-0.25, -0.2) is 0 Å². The molecular formula is C10H14BrNO3. The van der Waals surface area contributed by atoms with Crippen molar-refractivity contribution >= 4 is 15.9 Å². The zero-order chi connectivity index (χ0) is 11.3. The minimum atomic E-state index is -0.872. The van der Waals surface area contributed by atoms with Crippen LogP contribution in [0.4, 0.5) is 0 Å². The first-order valence-corrected chi connectivity index (χ1v) is 5.37. The number of hydrogen-bond donors (Lipinski definition) is 3. The van der Waals surface area contributed by atoms with Crippen LogP contribution in [0.1, 0.15) is 5.56 Å². The molecule has 0 aliphatic rings. The van der Waals surface area contributed by atoms with Crippen LogP contribution < -0.4 is 10.5 Å². The molecule has 0 radical (unpaired) electrons. The Morgan fingerprint density at radius 2 is 2.20 bits per heavy atom. The second kappa shape index (κ2) is 6.07. The summed E-state index contributed by atoms with van der Waals surface area (Å²) < 4.78 is 6.16. The van der Waals surface area contributed by atoms with Crippen LogP contribution in [-0.2, 0) is 6.54 Å². The van der Waals surface area contributed by atoms with Crippen LogP contribution in [0.2, 0.25) is 0 Å². The first kappa shape index (κ1) is 12.4. The lowest BCUT2D eigenvalue weighted by Crippen LogP contribution is -2.22. The van der Waals surface area contributed by atoms with Crippen LogP contribution in [0.3, 0.4) is 0 Å². The maximum Gasteiger partial charge on any atom is 0.138 e. The van der Waals surface area contributed by atoms with E-state index in [4.69, 9.17) is 20.7 Å². The highest BCUT2D eigenvalue weighted by atomic mass is 79.9. The second-order valence-corrected chi connectivity index (χ2v) is 3.93. The summed E-state index contributed by atoms with van der Waals surface area (Å²) in [5, 5.41) is 17.8. The highest BCUT2D eigenvalue weighted by Gasteiger charge is 2.09. The van der Waals surface area contributed by atoms with Gasteiger partial charge in [0.15, 0.2) is 0 Å². The van der Waals surface area contributed by atoms with Gasteiger partial charge in [0.05, 0.1) is 11.1 Å². The van der Waals surface area contributed by atoms with Gasteiger partial charge in [0.25, 0.3) is 0 Å². The molecule has 0 saturated heterocycles. The number of para-hydroxylation sites is 1. The smallest absolute Gasteiger partial charge is 0.138 e. The largest absolute Gasteiger partial charge is 0.489 e. The van der Waals surface area contributed by atoms with Gasteiger partial charge in [-0.1, -0.05) is 12.1 Å². The summed E-state index contributed by atoms with van der Waals surface area (Å²) in [5.41, 5.74) is 6.40. The molecule has 0 aliphatic heterocycles. The maximum atomic E-state index is 9.15. The van der Waals surface area contributed by atoms with Crippen LogP contribution in [0.25, 0.3) is 0 Å². The van der Waals surface area contributed by atoms with Gasteiger partial charge in [-0.3, -0.25) is 0 Å². The number of rotatable bonds is 5. The molecule has 0 fully saturated rings. The zero-order valence-electron chi connectivity index (χ0n) is 8.19. The van der Waals surface area contributed by atoms with Crippen molar-refractivity contribution in [1.82, 2.24) is 0 Å². The third-order valence-corrected chi connectivity index (χ3v) is 2.52. The number of halogens is 1. The van der Waals surface area contributed by atoms with E-state index in [-0.39, 0.29) is 13.2 Å². The number of hydrogen-bond acceptors (Lipinski definition) is 4. The van der Waals surface area contributed by atoms with Crippen molar-refractivity contribution in [2.75, 3.05) is 13.2 Å². The lowest BCUT2D eigenvalue weighted by atomic mass is 10.2. The minimum absolute atomic E-state index is 0.0477. The van der Waals surface area contributed by atoms with Crippen LogP contribution >= 0.6 is 15.9 Å². The molecule has 1 aromatic carbocycles. The van der Waals surface area contributed by atoms with Crippen molar-refractivity contribution in [1.29, 1.82) is 0 Å². The molecular weight excluding hydrogens is 262 g/mol. The Morgan fingerprint density at radius 1 is 1.47 bits per heavy atom. The number of benzene rings is 1. The summed E-state index contributed by atoms with van der Waals surface area (Å²) >= 11 is 3.34. The number of ether oxygens (including phenoxy) is 1. The van der Waals surface area contributed by atoms with Gasteiger partial charge in [-0.05, 0) is 22.0 Å². The van der Waals surface area contributed by atoms with Crippen LogP contribution in [0.15, 0.2) is 22.7 Å². The molecule has 4 nitrogen and oxygen atoms in total. The van der Waals surface area contributed by atoms with Crippen molar-refractivity contribution in [2.24, 2.45) is 5.73 Å². The van der Waals surface area contributed by atoms with Crippen molar-refractivity contribution in [3.05, 3.63) is 28.2 Å². The van der Waals surface area contributed by atoms with E-state index in [0.717, 1.165) is 10.0 Å². The number of aliphatic hydroxyl groups is 2. The monoisotopic (exact) mass is 275 g/mol. The summed E-state index contributed by atoms with van der Waals surface area (Å²) in [6.07, 6.45) is -0.872. The van der Waals surface area contributed by atoms with Gasteiger partial charge in [-0.2, -0.15) is 0 Å². The molecule has 15 heavy (non-hydrogen) atoms. The fourth-order valence-corrected chi connectivity index (χ4v) is 1.63. The third kappa shape index (κ3) is 3.46. The highest BCUT2D eigenvalue weighted by Crippen LogP contribution is 2.28. The molecule has 0 saturated carbocycles. The Balaban J connectivity index is 2.74.